The van der Waals surface area contributed by atoms with Gasteiger partial charge in [-0.05, 0) is 18.4 Å². The van der Waals surface area contributed by atoms with Gasteiger partial charge < -0.3 is 9.84 Å². The molecule has 1 saturated heterocycles. The number of carboxylic acid groups (broad SMARTS) is 1. The summed E-state index contributed by atoms with van der Waals surface area (Å²) in [5, 5.41) is 9.10. The Morgan fingerprint density at radius 2 is 2.05 bits per heavy atom. The van der Waals surface area contributed by atoms with Gasteiger partial charge in [0, 0.05) is 6.54 Å². The molecule has 0 aliphatic carbocycles. The Balaban J connectivity index is 1.98. The minimum atomic E-state index is -1.67. The molecule has 0 aromatic heterocycles. The summed E-state index contributed by atoms with van der Waals surface area (Å²) in [6.07, 6.45) is 0.0827. The van der Waals surface area contributed by atoms with Gasteiger partial charge in [0.05, 0.1) is 0 Å². The topological polar surface area (TPSA) is 66.8 Å². The number of alkyl halides is 1. The molecule has 1 amide bonds. The summed E-state index contributed by atoms with van der Waals surface area (Å²) < 4.78 is 5.10. The highest BCUT2D eigenvalue weighted by Gasteiger charge is 2.49. The molecule has 5 nitrogen and oxygen atoms in total. The molecule has 1 N–H and O–H groups in total. The smallest absolute Gasteiger partial charge is 0.411 e. The van der Waals surface area contributed by atoms with Gasteiger partial charge in [-0.3, -0.25) is 4.90 Å². The van der Waals surface area contributed by atoms with E-state index in [0.29, 0.717) is 13.0 Å². The van der Waals surface area contributed by atoms with Crippen LogP contribution >= 0.6 is 11.6 Å². The summed E-state index contributed by atoms with van der Waals surface area (Å²) in [5.74, 6) is -1.22. The van der Waals surface area contributed by atoms with Gasteiger partial charge in [-0.25, -0.2) is 9.59 Å². The molecule has 0 spiro atoms. The van der Waals surface area contributed by atoms with E-state index in [1.165, 1.54) is 0 Å². The third-order valence-electron chi connectivity index (χ3n) is 3.07. The zero-order valence-corrected chi connectivity index (χ0v) is 11.0. The summed E-state index contributed by atoms with van der Waals surface area (Å²) in [5.41, 5.74) is 0.838. The minimum absolute atomic E-state index is 0.1000. The van der Waals surface area contributed by atoms with Crippen LogP contribution in [0.3, 0.4) is 0 Å². The number of amides is 1. The molecule has 0 radical (unpaired) electrons. The molecule has 0 saturated carbocycles. The molecule has 1 atom stereocenters. The molecule has 1 heterocycles. The van der Waals surface area contributed by atoms with E-state index in [1.807, 2.05) is 30.3 Å². The average Bonchev–Trinajstić information content (AvgIpc) is 2.81. The second kappa shape index (κ2) is 5.48. The first-order chi connectivity index (χ1) is 9.04. The van der Waals surface area contributed by atoms with E-state index in [4.69, 9.17) is 21.4 Å². The van der Waals surface area contributed by atoms with Crippen LogP contribution in [-0.4, -0.2) is 33.6 Å². The van der Waals surface area contributed by atoms with Crippen molar-refractivity contribution < 1.29 is 19.4 Å². The number of nitrogens with zero attached hydrogens (tertiary/aromatic N) is 1. The first-order valence-electron chi connectivity index (χ1n) is 5.94. The lowest BCUT2D eigenvalue weighted by Gasteiger charge is -2.27. The number of aliphatic carboxylic acids is 1. The number of likely N-dealkylation sites (tertiary alicyclic amines) is 1. The van der Waals surface area contributed by atoms with E-state index in [0.717, 1.165) is 10.5 Å². The second-order valence-corrected chi connectivity index (χ2v) is 4.99. The predicted molar refractivity (Wildman–Crippen MR) is 68.8 cm³/mol. The van der Waals surface area contributed by atoms with Crippen LogP contribution in [0.5, 0.6) is 0 Å². The monoisotopic (exact) mass is 283 g/mol. The minimum Gasteiger partial charge on any atom is -0.479 e. The number of halogens is 1. The number of ether oxygens (including phenoxy) is 1. The lowest BCUT2D eigenvalue weighted by atomic mass is 10.2. The third-order valence-corrected chi connectivity index (χ3v) is 3.63. The molecule has 102 valence electrons. The van der Waals surface area contributed by atoms with Crippen LogP contribution < -0.4 is 0 Å². The van der Waals surface area contributed by atoms with Gasteiger partial charge in [-0.1, -0.05) is 41.9 Å². The van der Waals surface area contributed by atoms with Crippen LogP contribution in [0, 0.1) is 0 Å². The van der Waals surface area contributed by atoms with Gasteiger partial charge in [0.15, 0.2) is 0 Å². The fourth-order valence-electron chi connectivity index (χ4n) is 2.04. The molecule has 1 aliphatic rings. The SMILES string of the molecule is O=C(OCc1ccccc1)N1CCC[C@]1(Cl)C(=O)O. The fourth-order valence-corrected chi connectivity index (χ4v) is 2.33. The van der Waals surface area contributed by atoms with Crippen molar-refractivity contribution in [2.45, 2.75) is 24.4 Å². The quantitative estimate of drug-likeness (QED) is 0.683. The predicted octanol–water partition coefficient (Wildman–Crippen LogP) is 2.44. The highest BCUT2D eigenvalue weighted by atomic mass is 35.5. The van der Waals surface area contributed by atoms with E-state index in [2.05, 4.69) is 0 Å². The van der Waals surface area contributed by atoms with E-state index in [9.17, 15) is 9.59 Å². The summed E-state index contributed by atoms with van der Waals surface area (Å²) >= 11 is 5.97. The van der Waals surface area contributed by atoms with Crippen molar-refractivity contribution >= 4 is 23.7 Å². The van der Waals surface area contributed by atoms with Crippen molar-refractivity contribution in [3.63, 3.8) is 0 Å². The fraction of sp³-hybridized carbons (Fsp3) is 0.385. The van der Waals surface area contributed by atoms with Crippen LogP contribution in [-0.2, 0) is 16.1 Å². The second-order valence-electron chi connectivity index (χ2n) is 4.36. The molecule has 2 rings (SSSR count). The van der Waals surface area contributed by atoms with E-state index < -0.39 is 17.1 Å². The maximum atomic E-state index is 11.9. The van der Waals surface area contributed by atoms with Gasteiger partial charge in [-0.15, -0.1) is 0 Å². The van der Waals surface area contributed by atoms with Crippen molar-refractivity contribution in [2.24, 2.45) is 0 Å². The normalized spacial score (nSPS) is 22.3. The van der Waals surface area contributed by atoms with Crippen LogP contribution in [0.2, 0.25) is 0 Å². The van der Waals surface area contributed by atoms with E-state index in [-0.39, 0.29) is 13.0 Å². The Labute approximate surface area is 115 Å². The molecule has 1 aromatic rings. The standard InChI is InChI=1S/C13H14ClNO4/c14-13(11(16)17)7-4-8-15(13)12(18)19-9-10-5-2-1-3-6-10/h1-3,5-6H,4,7-9H2,(H,16,17)/t13-/m1/s1. The summed E-state index contributed by atoms with van der Waals surface area (Å²) in [6.45, 7) is 0.395. The van der Waals surface area contributed by atoms with Crippen molar-refractivity contribution in [1.82, 2.24) is 4.90 Å². The number of rotatable bonds is 3. The molecule has 6 heteroatoms. The molecule has 0 bridgehead atoms. The van der Waals surface area contributed by atoms with Crippen LogP contribution in [0.1, 0.15) is 18.4 Å². The highest BCUT2D eigenvalue weighted by molar-refractivity contribution is 6.34. The zero-order valence-electron chi connectivity index (χ0n) is 10.2. The molecular weight excluding hydrogens is 270 g/mol. The van der Waals surface area contributed by atoms with Crippen LogP contribution in [0.25, 0.3) is 0 Å². The van der Waals surface area contributed by atoms with Crippen molar-refractivity contribution in [3.8, 4) is 0 Å². The van der Waals surface area contributed by atoms with Gasteiger partial charge in [0.25, 0.3) is 0 Å². The Morgan fingerprint density at radius 3 is 2.68 bits per heavy atom. The number of carbonyl (C=O) groups excluding carboxylic acids is 1. The summed E-state index contributed by atoms with van der Waals surface area (Å²) in [7, 11) is 0. The van der Waals surface area contributed by atoms with Gasteiger partial charge in [0.1, 0.15) is 6.61 Å². The number of hydrogen-bond acceptors (Lipinski definition) is 3. The lowest BCUT2D eigenvalue weighted by molar-refractivity contribution is -0.144. The van der Waals surface area contributed by atoms with Crippen molar-refractivity contribution in [2.75, 3.05) is 6.54 Å². The number of carbonyl (C=O) groups is 2. The van der Waals surface area contributed by atoms with E-state index >= 15 is 0 Å². The van der Waals surface area contributed by atoms with Gasteiger partial charge in [-0.2, -0.15) is 0 Å². The van der Waals surface area contributed by atoms with Crippen molar-refractivity contribution in [1.29, 1.82) is 0 Å². The molecule has 0 unspecified atom stereocenters. The Morgan fingerprint density at radius 1 is 1.37 bits per heavy atom. The maximum absolute atomic E-state index is 11.9. The molecule has 1 fully saturated rings. The number of hydrogen-bond donors (Lipinski definition) is 1. The van der Waals surface area contributed by atoms with Crippen LogP contribution in [0.15, 0.2) is 30.3 Å². The number of benzene rings is 1. The molecule has 1 aromatic carbocycles. The van der Waals surface area contributed by atoms with Gasteiger partial charge >= 0.3 is 12.1 Å². The summed E-state index contributed by atoms with van der Waals surface area (Å²) in [4.78, 5) is 22.4. The number of carboxylic acids is 1. The maximum Gasteiger partial charge on any atom is 0.411 e. The Hall–Kier alpha value is -1.75. The molecule has 19 heavy (non-hydrogen) atoms. The Bertz CT molecular complexity index is 479. The largest absolute Gasteiger partial charge is 0.479 e. The van der Waals surface area contributed by atoms with E-state index in [1.54, 1.807) is 0 Å². The first kappa shape index (κ1) is 13.7. The Kier molecular flexibility index (Phi) is 3.95. The molecular formula is C13H14ClNO4. The van der Waals surface area contributed by atoms with Crippen molar-refractivity contribution in [3.05, 3.63) is 35.9 Å². The highest BCUT2D eigenvalue weighted by Crippen LogP contribution is 2.34. The zero-order chi connectivity index (χ0) is 13.9. The van der Waals surface area contributed by atoms with Crippen LogP contribution in [0.4, 0.5) is 4.79 Å². The third kappa shape index (κ3) is 2.81. The molecule has 1 aliphatic heterocycles. The van der Waals surface area contributed by atoms with Gasteiger partial charge in [0.2, 0.25) is 5.00 Å². The first-order valence-corrected chi connectivity index (χ1v) is 6.32. The average molecular weight is 284 g/mol. The lowest BCUT2D eigenvalue weighted by Crippen LogP contribution is -2.48. The summed E-state index contributed by atoms with van der Waals surface area (Å²) in [6, 6.07) is 9.18.